The van der Waals surface area contributed by atoms with Crippen molar-refractivity contribution in [2.45, 2.75) is 33.6 Å². The highest BCUT2D eigenvalue weighted by Gasteiger charge is 2.36. The molecule has 1 heteroatoms. The lowest BCUT2D eigenvalue weighted by molar-refractivity contribution is 0.518. The molecule has 11 heavy (non-hydrogen) atoms. The molecule has 0 heterocycles. The van der Waals surface area contributed by atoms with Crippen LogP contribution in [0.4, 0.5) is 0 Å². The zero-order valence-corrected chi connectivity index (χ0v) is 7.91. The maximum Gasteiger partial charge on any atom is 0.0137 e. The van der Waals surface area contributed by atoms with E-state index in [-0.39, 0.29) is 0 Å². The van der Waals surface area contributed by atoms with Gasteiger partial charge in [-0.3, -0.25) is 0 Å². The first-order valence-corrected chi connectivity index (χ1v) is 4.46. The zero-order chi connectivity index (χ0) is 8.32. The van der Waals surface area contributed by atoms with Gasteiger partial charge in [0.1, 0.15) is 0 Å². The SMILES string of the molecule is CC(C)=CCNCC1(C)CC1. The molecular formula is C10H19N. The summed E-state index contributed by atoms with van der Waals surface area (Å²) in [6, 6.07) is 0. The Balaban J connectivity index is 2.01. The standard InChI is InChI=1S/C10H19N/c1-9(2)4-7-11-8-10(3)5-6-10/h4,11H,5-8H2,1-3H3. The van der Waals surface area contributed by atoms with Gasteiger partial charge in [0.25, 0.3) is 0 Å². The molecule has 1 aliphatic rings. The van der Waals surface area contributed by atoms with Crippen molar-refractivity contribution in [3.8, 4) is 0 Å². The smallest absolute Gasteiger partial charge is 0.0137 e. The Bertz CT molecular complexity index is 150. The molecule has 0 unspecified atom stereocenters. The molecule has 0 atom stereocenters. The zero-order valence-electron chi connectivity index (χ0n) is 7.91. The van der Waals surface area contributed by atoms with E-state index in [0.29, 0.717) is 5.41 Å². The van der Waals surface area contributed by atoms with E-state index in [2.05, 4.69) is 32.2 Å². The summed E-state index contributed by atoms with van der Waals surface area (Å²) < 4.78 is 0. The molecule has 0 aromatic rings. The Morgan fingerprint density at radius 2 is 2.09 bits per heavy atom. The summed E-state index contributed by atoms with van der Waals surface area (Å²) in [6.45, 7) is 8.86. The second kappa shape index (κ2) is 3.40. The van der Waals surface area contributed by atoms with Crippen molar-refractivity contribution in [1.82, 2.24) is 5.32 Å². The highest BCUT2D eigenvalue weighted by atomic mass is 14.9. The minimum atomic E-state index is 0.648. The van der Waals surface area contributed by atoms with Crippen LogP contribution in [0.15, 0.2) is 11.6 Å². The summed E-state index contributed by atoms with van der Waals surface area (Å²) in [6.07, 6.45) is 5.06. The first kappa shape index (κ1) is 8.79. The summed E-state index contributed by atoms with van der Waals surface area (Å²) in [5, 5.41) is 3.44. The van der Waals surface area contributed by atoms with Crippen LogP contribution >= 0.6 is 0 Å². The van der Waals surface area contributed by atoms with Gasteiger partial charge in [0.05, 0.1) is 0 Å². The highest BCUT2D eigenvalue weighted by Crippen LogP contribution is 2.43. The molecule has 0 radical (unpaired) electrons. The number of hydrogen-bond donors (Lipinski definition) is 1. The average molecular weight is 153 g/mol. The van der Waals surface area contributed by atoms with Crippen LogP contribution in [0.25, 0.3) is 0 Å². The van der Waals surface area contributed by atoms with E-state index in [1.807, 2.05) is 0 Å². The second-order valence-electron chi connectivity index (χ2n) is 4.22. The van der Waals surface area contributed by atoms with E-state index in [1.54, 1.807) is 0 Å². The molecule has 1 fully saturated rings. The summed E-state index contributed by atoms with van der Waals surface area (Å²) >= 11 is 0. The average Bonchev–Trinajstić information content (AvgIpc) is 2.62. The molecule has 0 aromatic heterocycles. The van der Waals surface area contributed by atoms with Crippen molar-refractivity contribution in [2.75, 3.05) is 13.1 Å². The summed E-state index contributed by atoms with van der Waals surface area (Å²) in [5.41, 5.74) is 2.05. The minimum Gasteiger partial charge on any atom is -0.313 e. The van der Waals surface area contributed by atoms with Crippen molar-refractivity contribution in [1.29, 1.82) is 0 Å². The fraction of sp³-hybridized carbons (Fsp3) is 0.800. The van der Waals surface area contributed by atoms with Gasteiger partial charge in [0.2, 0.25) is 0 Å². The van der Waals surface area contributed by atoms with Gasteiger partial charge in [-0.05, 0) is 32.1 Å². The summed E-state index contributed by atoms with van der Waals surface area (Å²) in [7, 11) is 0. The predicted molar refractivity (Wildman–Crippen MR) is 49.6 cm³/mol. The van der Waals surface area contributed by atoms with E-state index < -0.39 is 0 Å². The van der Waals surface area contributed by atoms with Crippen molar-refractivity contribution in [3.05, 3.63) is 11.6 Å². The Morgan fingerprint density at radius 3 is 2.55 bits per heavy atom. The first-order chi connectivity index (χ1) is 5.12. The fourth-order valence-electron chi connectivity index (χ4n) is 1.04. The van der Waals surface area contributed by atoms with E-state index in [1.165, 1.54) is 25.0 Å². The molecule has 0 amide bonds. The van der Waals surface area contributed by atoms with Crippen LogP contribution in [0, 0.1) is 5.41 Å². The van der Waals surface area contributed by atoms with E-state index in [9.17, 15) is 0 Å². The number of rotatable bonds is 4. The molecule has 0 bridgehead atoms. The number of hydrogen-bond acceptors (Lipinski definition) is 1. The van der Waals surface area contributed by atoms with Crippen molar-refractivity contribution >= 4 is 0 Å². The van der Waals surface area contributed by atoms with Gasteiger partial charge in [0, 0.05) is 13.1 Å². The molecule has 1 N–H and O–H groups in total. The van der Waals surface area contributed by atoms with Crippen LogP contribution in [-0.4, -0.2) is 13.1 Å². The topological polar surface area (TPSA) is 12.0 Å². The molecule has 1 rings (SSSR count). The lowest BCUT2D eigenvalue weighted by atomic mass is 10.1. The van der Waals surface area contributed by atoms with E-state index in [0.717, 1.165) is 6.54 Å². The molecule has 1 aliphatic carbocycles. The van der Waals surface area contributed by atoms with E-state index >= 15 is 0 Å². The van der Waals surface area contributed by atoms with Crippen LogP contribution < -0.4 is 5.32 Å². The third kappa shape index (κ3) is 3.57. The Kier molecular flexibility index (Phi) is 2.72. The molecular weight excluding hydrogens is 134 g/mol. The largest absolute Gasteiger partial charge is 0.313 e. The first-order valence-electron chi connectivity index (χ1n) is 4.46. The van der Waals surface area contributed by atoms with Gasteiger partial charge in [-0.15, -0.1) is 0 Å². The van der Waals surface area contributed by atoms with Gasteiger partial charge in [-0.2, -0.15) is 0 Å². The van der Waals surface area contributed by atoms with Gasteiger partial charge < -0.3 is 5.32 Å². The number of nitrogens with one attached hydrogen (secondary N) is 1. The van der Waals surface area contributed by atoms with Crippen LogP contribution in [0.2, 0.25) is 0 Å². The van der Waals surface area contributed by atoms with Gasteiger partial charge in [0.15, 0.2) is 0 Å². The molecule has 0 aliphatic heterocycles. The molecule has 1 nitrogen and oxygen atoms in total. The Labute approximate surface area is 69.9 Å². The Hall–Kier alpha value is -0.300. The molecule has 0 spiro atoms. The van der Waals surface area contributed by atoms with Crippen molar-refractivity contribution in [2.24, 2.45) is 5.41 Å². The lowest BCUT2D eigenvalue weighted by Gasteiger charge is -2.07. The second-order valence-corrected chi connectivity index (χ2v) is 4.22. The van der Waals surface area contributed by atoms with Crippen molar-refractivity contribution < 1.29 is 0 Å². The van der Waals surface area contributed by atoms with E-state index in [4.69, 9.17) is 0 Å². The maximum atomic E-state index is 3.44. The molecule has 0 saturated heterocycles. The lowest BCUT2D eigenvalue weighted by Crippen LogP contribution is -2.21. The summed E-state index contributed by atoms with van der Waals surface area (Å²) in [4.78, 5) is 0. The molecule has 0 aromatic carbocycles. The van der Waals surface area contributed by atoms with Gasteiger partial charge in [-0.1, -0.05) is 18.6 Å². The maximum absolute atomic E-state index is 3.44. The Morgan fingerprint density at radius 1 is 1.45 bits per heavy atom. The van der Waals surface area contributed by atoms with Gasteiger partial charge >= 0.3 is 0 Å². The minimum absolute atomic E-state index is 0.648. The van der Waals surface area contributed by atoms with Crippen LogP contribution in [0.1, 0.15) is 33.6 Å². The molecule has 1 saturated carbocycles. The highest BCUT2D eigenvalue weighted by molar-refractivity contribution is 4.96. The predicted octanol–water partition coefficient (Wildman–Crippen LogP) is 2.34. The van der Waals surface area contributed by atoms with Crippen LogP contribution in [0.5, 0.6) is 0 Å². The molecule has 64 valence electrons. The third-order valence-electron chi connectivity index (χ3n) is 2.31. The third-order valence-corrected chi connectivity index (χ3v) is 2.31. The quantitative estimate of drug-likeness (QED) is 0.483. The van der Waals surface area contributed by atoms with Crippen LogP contribution in [0.3, 0.4) is 0 Å². The van der Waals surface area contributed by atoms with Gasteiger partial charge in [-0.25, -0.2) is 0 Å². The van der Waals surface area contributed by atoms with Crippen molar-refractivity contribution in [3.63, 3.8) is 0 Å². The normalized spacial score (nSPS) is 19.5. The summed E-state index contributed by atoms with van der Waals surface area (Å²) in [5.74, 6) is 0. The fourth-order valence-corrected chi connectivity index (χ4v) is 1.04. The van der Waals surface area contributed by atoms with Crippen LogP contribution in [-0.2, 0) is 0 Å². The monoisotopic (exact) mass is 153 g/mol. The number of allylic oxidation sites excluding steroid dienone is 1.